The largest absolute Gasteiger partial charge is 0.472 e. The number of rotatable bonds is 3. The molecule has 2 aromatic heterocycles. The van der Waals surface area contributed by atoms with Gasteiger partial charge in [-0.2, -0.15) is 0 Å². The van der Waals surface area contributed by atoms with Crippen LogP contribution in [0.1, 0.15) is 34.8 Å². The highest BCUT2D eigenvalue weighted by atomic mass is 16.3. The van der Waals surface area contributed by atoms with Crippen LogP contribution in [-0.2, 0) is 13.1 Å². The summed E-state index contributed by atoms with van der Waals surface area (Å²) < 4.78 is 7.68. The molecule has 118 valence electrons. The SMILES string of the molecule is Cc1ccccc1C1c2cccn2CCCN1Cc1ccoc1. The molecule has 1 aliphatic heterocycles. The lowest BCUT2D eigenvalue weighted by Crippen LogP contribution is -2.29. The lowest BCUT2D eigenvalue weighted by Gasteiger charge is -2.31. The Morgan fingerprint density at radius 2 is 2.00 bits per heavy atom. The first-order valence-electron chi connectivity index (χ1n) is 8.28. The van der Waals surface area contributed by atoms with Crippen molar-refractivity contribution in [3.05, 3.63) is 83.6 Å². The third kappa shape index (κ3) is 2.73. The number of aryl methyl sites for hydroxylation is 2. The molecule has 3 aromatic rings. The number of fused-ring (bicyclic) bond motifs is 1. The van der Waals surface area contributed by atoms with Crippen LogP contribution in [0.2, 0.25) is 0 Å². The quantitative estimate of drug-likeness (QED) is 0.716. The highest BCUT2D eigenvalue weighted by molar-refractivity contribution is 5.35. The minimum absolute atomic E-state index is 0.295. The van der Waals surface area contributed by atoms with Crippen LogP contribution in [-0.4, -0.2) is 16.0 Å². The van der Waals surface area contributed by atoms with E-state index in [-0.39, 0.29) is 0 Å². The fourth-order valence-corrected chi connectivity index (χ4v) is 3.68. The Kier molecular flexibility index (Phi) is 3.80. The molecular formula is C20H22N2O. The highest BCUT2D eigenvalue weighted by Gasteiger charge is 2.28. The summed E-state index contributed by atoms with van der Waals surface area (Å²) in [7, 11) is 0. The molecule has 4 rings (SSSR count). The number of hydrogen-bond acceptors (Lipinski definition) is 2. The zero-order valence-corrected chi connectivity index (χ0v) is 13.5. The second kappa shape index (κ2) is 6.09. The molecule has 23 heavy (non-hydrogen) atoms. The van der Waals surface area contributed by atoms with E-state index in [1.807, 2.05) is 6.26 Å². The predicted molar refractivity (Wildman–Crippen MR) is 91.2 cm³/mol. The van der Waals surface area contributed by atoms with E-state index < -0.39 is 0 Å². The van der Waals surface area contributed by atoms with Crippen LogP contribution in [0, 0.1) is 6.92 Å². The van der Waals surface area contributed by atoms with Gasteiger partial charge in [0, 0.05) is 37.1 Å². The van der Waals surface area contributed by atoms with E-state index in [9.17, 15) is 0 Å². The Morgan fingerprint density at radius 1 is 1.09 bits per heavy atom. The van der Waals surface area contributed by atoms with E-state index in [2.05, 4.69) is 65.1 Å². The van der Waals surface area contributed by atoms with Gasteiger partial charge in [-0.15, -0.1) is 0 Å². The third-order valence-corrected chi connectivity index (χ3v) is 4.80. The minimum Gasteiger partial charge on any atom is -0.472 e. The summed E-state index contributed by atoms with van der Waals surface area (Å²) in [6.07, 6.45) is 7.00. The van der Waals surface area contributed by atoms with E-state index in [0.29, 0.717) is 6.04 Å². The van der Waals surface area contributed by atoms with Crippen molar-refractivity contribution in [1.29, 1.82) is 0 Å². The Labute approximate surface area is 137 Å². The van der Waals surface area contributed by atoms with Gasteiger partial charge in [0.05, 0.1) is 18.6 Å². The van der Waals surface area contributed by atoms with Crippen LogP contribution >= 0.6 is 0 Å². The van der Waals surface area contributed by atoms with E-state index in [0.717, 1.165) is 19.6 Å². The van der Waals surface area contributed by atoms with Gasteiger partial charge < -0.3 is 8.98 Å². The third-order valence-electron chi connectivity index (χ3n) is 4.80. The first-order valence-corrected chi connectivity index (χ1v) is 8.28. The molecule has 0 aliphatic carbocycles. The molecule has 3 nitrogen and oxygen atoms in total. The molecule has 0 bridgehead atoms. The molecule has 1 aromatic carbocycles. The van der Waals surface area contributed by atoms with Gasteiger partial charge >= 0.3 is 0 Å². The van der Waals surface area contributed by atoms with Crippen molar-refractivity contribution in [3.63, 3.8) is 0 Å². The average molecular weight is 306 g/mol. The standard InChI is InChI=1S/C20H22N2O/c1-16-6-2-3-7-18(16)20-19-8-4-10-21(19)11-5-12-22(20)14-17-9-13-23-15-17/h2-4,6-10,13,15,20H,5,11-12,14H2,1H3. The molecule has 0 N–H and O–H groups in total. The summed E-state index contributed by atoms with van der Waals surface area (Å²) in [6.45, 7) is 5.31. The molecule has 3 heterocycles. The maximum atomic E-state index is 5.27. The van der Waals surface area contributed by atoms with E-state index in [4.69, 9.17) is 4.42 Å². The Morgan fingerprint density at radius 3 is 2.83 bits per heavy atom. The summed E-state index contributed by atoms with van der Waals surface area (Å²) in [5, 5.41) is 0. The number of nitrogens with zero attached hydrogens (tertiary/aromatic N) is 2. The summed E-state index contributed by atoms with van der Waals surface area (Å²) >= 11 is 0. The molecule has 0 fully saturated rings. The van der Waals surface area contributed by atoms with Crippen LogP contribution in [0.15, 0.2) is 65.6 Å². The summed E-state index contributed by atoms with van der Waals surface area (Å²) in [6, 6.07) is 15.6. The lowest BCUT2D eigenvalue weighted by molar-refractivity contribution is 0.219. The van der Waals surface area contributed by atoms with Gasteiger partial charge in [0.1, 0.15) is 0 Å². The smallest absolute Gasteiger partial charge is 0.0947 e. The Hall–Kier alpha value is -2.26. The normalized spacial score (nSPS) is 18.6. The van der Waals surface area contributed by atoms with Gasteiger partial charge in [0.25, 0.3) is 0 Å². The Bertz CT molecular complexity index is 773. The maximum absolute atomic E-state index is 5.27. The second-order valence-electron chi connectivity index (χ2n) is 6.34. The zero-order valence-electron chi connectivity index (χ0n) is 13.5. The fourth-order valence-electron chi connectivity index (χ4n) is 3.68. The average Bonchev–Trinajstić information content (AvgIpc) is 3.19. The fraction of sp³-hybridized carbons (Fsp3) is 0.300. The van der Waals surface area contributed by atoms with E-state index in [1.165, 1.54) is 28.8 Å². The molecule has 0 radical (unpaired) electrons. The molecular weight excluding hydrogens is 284 g/mol. The van der Waals surface area contributed by atoms with Crippen molar-refractivity contribution in [2.24, 2.45) is 0 Å². The summed E-state index contributed by atoms with van der Waals surface area (Å²) in [4.78, 5) is 2.58. The lowest BCUT2D eigenvalue weighted by atomic mass is 9.97. The van der Waals surface area contributed by atoms with Gasteiger partial charge in [-0.1, -0.05) is 24.3 Å². The first kappa shape index (κ1) is 14.3. The zero-order chi connectivity index (χ0) is 15.6. The van der Waals surface area contributed by atoms with Crippen molar-refractivity contribution < 1.29 is 4.42 Å². The summed E-state index contributed by atoms with van der Waals surface area (Å²) in [5.41, 5.74) is 5.38. The highest BCUT2D eigenvalue weighted by Crippen LogP contribution is 2.34. The van der Waals surface area contributed by atoms with Gasteiger partial charge in [0.2, 0.25) is 0 Å². The van der Waals surface area contributed by atoms with Gasteiger partial charge in [-0.3, -0.25) is 4.90 Å². The molecule has 1 unspecified atom stereocenters. The molecule has 0 saturated heterocycles. The molecule has 1 aliphatic rings. The number of hydrogen-bond donors (Lipinski definition) is 0. The Balaban J connectivity index is 1.79. The first-order chi connectivity index (χ1) is 11.3. The monoisotopic (exact) mass is 306 g/mol. The molecule has 0 spiro atoms. The van der Waals surface area contributed by atoms with E-state index in [1.54, 1.807) is 6.26 Å². The van der Waals surface area contributed by atoms with Crippen LogP contribution in [0.3, 0.4) is 0 Å². The molecule has 1 atom stereocenters. The van der Waals surface area contributed by atoms with Gasteiger partial charge in [-0.25, -0.2) is 0 Å². The second-order valence-corrected chi connectivity index (χ2v) is 6.34. The van der Waals surface area contributed by atoms with Crippen LogP contribution in [0.25, 0.3) is 0 Å². The van der Waals surface area contributed by atoms with Gasteiger partial charge in [-0.05, 0) is 42.7 Å². The molecule has 0 amide bonds. The molecule has 0 saturated carbocycles. The van der Waals surface area contributed by atoms with Crippen molar-refractivity contribution in [3.8, 4) is 0 Å². The van der Waals surface area contributed by atoms with Crippen molar-refractivity contribution >= 4 is 0 Å². The van der Waals surface area contributed by atoms with Crippen molar-refractivity contribution in [2.75, 3.05) is 6.54 Å². The van der Waals surface area contributed by atoms with Crippen LogP contribution < -0.4 is 0 Å². The number of furan rings is 1. The van der Waals surface area contributed by atoms with Gasteiger partial charge in [0.15, 0.2) is 0 Å². The van der Waals surface area contributed by atoms with E-state index >= 15 is 0 Å². The number of benzene rings is 1. The number of aromatic nitrogens is 1. The summed E-state index contributed by atoms with van der Waals surface area (Å²) in [5.74, 6) is 0. The molecule has 3 heteroatoms. The van der Waals surface area contributed by atoms with Crippen LogP contribution in [0.4, 0.5) is 0 Å². The van der Waals surface area contributed by atoms with Crippen molar-refractivity contribution in [2.45, 2.75) is 32.5 Å². The minimum atomic E-state index is 0.295. The maximum Gasteiger partial charge on any atom is 0.0947 e. The van der Waals surface area contributed by atoms with Crippen molar-refractivity contribution in [1.82, 2.24) is 9.47 Å². The topological polar surface area (TPSA) is 21.3 Å². The predicted octanol–water partition coefficient (Wildman–Crippen LogP) is 4.38. The van der Waals surface area contributed by atoms with Crippen LogP contribution in [0.5, 0.6) is 0 Å².